The fourth-order valence-corrected chi connectivity index (χ4v) is 1.71. The van der Waals surface area contributed by atoms with Crippen molar-refractivity contribution in [3.05, 3.63) is 0 Å². The number of ether oxygens (including phenoxy) is 1. The summed E-state index contributed by atoms with van der Waals surface area (Å²) in [5, 5.41) is 3.42. The standard InChI is InChI=1S/C10H22N2O/c1-10(13-2)9-12-7-3-5-11-6-4-8-12/h10-11H,3-9H2,1-2H3. The molecule has 1 atom stereocenters. The fraction of sp³-hybridized carbons (Fsp3) is 1.00. The zero-order valence-corrected chi connectivity index (χ0v) is 8.88. The second-order valence-electron chi connectivity index (χ2n) is 3.80. The minimum Gasteiger partial charge on any atom is -0.380 e. The average Bonchev–Trinajstić information content (AvgIpc) is 2.09. The maximum atomic E-state index is 5.27. The summed E-state index contributed by atoms with van der Waals surface area (Å²) in [6.07, 6.45) is 2.89. The molecule has 1 unspecified atom stereocenters. The van der Waals surface area contributed by atoms with Crippen molar-refractivity contribution >= 4 is 0 Å². The topological polar surface area (TPSA) is 24.5 Å². The van der Waals surface area contributed by atoms with Crippen molar-refractivity contribution in [1.82, 2.24) is 10.2 Å². The Morgan fingerprint density at radius 2 is 1.92 bits per heavy atom. The van der Waals surface area contributed by atoms with E-state index in [0.29, 0.717) is 6.10 Å². The molecule has 1 heterocycles. The first-order valence-corrected chi connectivity index (χ1v) is 5.29. The number of hydrogen-bond acceptors (Lipinski definition) is 3. The summed E-state index contributed by atoms with van der Waals surface area (Å²) < 4.78 is 5.27. The minimum absolute atomic E-state index is 0.368. The lowest BCUT2D eigenvalue weighted by Crippen LogP contribution is -2.38. The summed E-state index contributed by atoms with van der Waals surface area (Å²) in [7, 11) is 1.79. The fourth-order valence-electron chi connectivity index (χ4n) is 1.71. The van der Waals surface area contributed by atoms with Crippen molar-refractivity contribution in [1.29, 1.82) is 0 Å². The molecule has 1 rings (SSSR count). The van der Waals surface area contributed by atoms with E-state index in [1.54, 1.807) is 7.11 Å². The summed E-state index contributed by atoms with van der Waals surface area (Å²) in [4.78, 5) is 2.51. The molecule has 0 aromatic carbocycles. The van der Waals surface area contributed by atoms with Gasteiger partial charge in [0.1, 0.15) is 0 Å². The highest BCUT2D eigenvalue weighted by molar-refractivity contribution is 4.66. The van der Waals surface area contributed by atoms with Crippen LogP contribution in [0.5, 0.6) is 0 Å². The van der Waals surface area contributed by atoms with Gasteiger partial charge in [-0.25, -0.2) is 0 Å². The van der Waals surface area contributed by atoms with E-state index in [4.69, 9.17) is 4.74 Å². The third-order valence-corrected chi connectivity index (χ3v) is 2.57. The Bertz CT molecular complexity index is 122. The molecule has 13 heavy (non-hydrogen) atoms. The van der Waals surface area contributed by atoms with E-state index < -0.39 is 0 Å². The summed E-state index contributed by atoms with van der Waals surface area (Å²) in [5.41, 5.74) is 0. The molecule has 3 heteroatoms. The van der Waals surface area contributed by atoms with Crippen LogP contribution in [-0.2, 0) is 4.74 Å². The molecular weight excluding hydrogens is 164 g/mol. The van der Waals surface area contributed by atoms with Gasteiger partial charge in [0.25, 0.3) is 0 Å². The molecule has 1 fully saturated rings. The van der Waals surface area contributed by atoms with Gasteiger partial charge < -0.3 is 15.0 Å². The highest BCUT2D eigenvalue weighted by Gasteiger charge is 2.10. The van der Waals surface area contributed by atoms with Crippen LogP contribution in [0, 0.1) is 0 Å². The summed E-state index contributed by atoms with van der Waals surface area (Å²) in [6.45, 7) is 7.96. The molecule has 0 aromatic rings. The van der Waals surface area contributed by atoms with Gasteiger partial charge in [-0.1, -0.05) is 0 Å². The Balaban J connectivity index is 2.21. The molecule has 3 nitrogen and oxygen atoms in total. The van der Waals surface area contributed by atoms with Crippen LogP contribution in [0.15, 0.2) is 0 Å². The van der Waals surface area contributed by atoms with Crippen molar-refractivity contribution in [3.8, 4) is 0 Å². The maximum Gasteiger partial charge on any atom is 0.0670 e. The van der Waals surface area contributed by atoms with E-state index in [-0.39, 0.29) is 0 Å². The zero-order valence-electron chi connectivity index (χ0n) is 8.88. The lowest BCUT2D eigenvalue weighted by Gasteiger charge is -2.26. The van der Waals surface area contributed by atoms with Crippen molar-refractivity contribution < 1.29 is 4.74 Å². The number of hydrogen-bond donors (Lipinski definition) is 1. The SMILES string of the molecule is COC(C)CN1CCCNCCC1. The molecule has 0 aromatic heterocycles. The van der Waals surface area contributed by atoms with Crippen molar-refractivity contribution in [2.24, 2.45) is 0 Å². The molecule has 0 amide bonds. The number of nitrogens with zero attached hydrogens (tertiary/aromatic N) is 1. The first-order chi connectivity index (χ1) is 6.33. The molecule has 78 valence electrons. The van der Waals surface area contributed by atoms with Gasteiger partial charge in [0, 0.05) is 13.7 Å². The number of rotatable bonds is 3. The molecule has 1 N–H and O–H groups in total. The Labute approximate surface area is 81.4 Å². The molecule has 1 aliphatic rings. The van der Waals surface area contributed by atoms with Crippen molar-refractivity contribution in [3.63, 3.8) is 0 Å². The van der Waals surface area contributed by atoms with Gasteiger partial charge in [-0.2, -0.15) is 0 Å². The number of nitrogens with one attached hydrogen (secondary N) is 1. The van der Waals surface area contributed by atoms with E-state index >= 15 is 0 Å². The van der Waals surface area contributed by atoms with Gasteiger partial charge in [-0.15, -0.1) is 0 Å². The summed E-state index contributed by atoms with van der Waals surface area (Å²) >= 11 is 0. The summed E-state index contributed by atoms with van der Waals surface area (Å²) in [5.74, 6) is 0. The third-order valence-electron chi connectivity index (χ3n) is 2.57. The predicted octanol–water partition coefficient (Wildman–Crippen LogP) is 0.707. The van der Waals surface area contributed by atoms with Gasteiger partial charge >= 0.3 is 0 Å². The van der Waals surface area contributed by atoms with Gasteiger partial charge in [0.05, 0.1) is 6.10 Å². The first kappa shape index (κ1) is 11.0. The normalized spacial score (nSPS) is 23.5. The zero-order chi connectivity index (χ0) is 9.52. The Morgan fingerprint density at radius 1 is 1.31 bits per heavy atom. The number of methoxy groups -OCH3 is 1. The minimum atomic E-state index is 0.368. The highest BCUT2D eigenvalue weighted by atomic mass is 16.5. The van der Waals surface area contributed by atoms with Crippen LogP contribution in [0.2, 0.25) is 0 Å². The molecule has 0 saturated carbocycles. The molecule has 0 aliphatic carbocycles. The van der Waals surface area contributed by atoms with Crippen LogP contribution < -0.4 is 5.32 Å². The van der Waals surface area contributed by atoms with E-state index in [1.165, 1.54) is 25.9 Å². The van der Waals surface area contributed by atoms with Crippen LogP contribution in [0.1, 0.15) is 19.8 Å². The smallest absolute Gasteiger partial charge is 0.0670 e. The van der Waals surface area contributed by atoms with Crippen molar-refractivity contribution in [2.45, 2.75) is 25.9 Å². The molecule has 1 aliphatic heterocycles. The Hall–Kier alpha value is -0.120. The van der Waals surface area contributed by atoms with Gasteiger partial charge in [0.2, 0.25) is 0 Å². The Kier molecular flexibility index (Phi) is 5.35. The summed E-state index contributed by atoms with van der Waals surface area (Å²) in [6, 6.07) is 0. The second kappa shape index (κ2) is 6.35. The average molecular weight is 186 g/mol. The van der Waals surface area contributed by atoms with Crippen LogP contribution in [-0.4, -0.2) is 50.8 Å². The monoisotopic (exact) mass is 186 g/mol. The largest absolute Gasteiger partial charge is 0.380 e. The molecule has 0 radical (unpaired) electrons. The molecule has 0 bridgehead atoms. The lowest BCUT2D eigenvalue weighted by molar-refractivity contribution is 0.0747. The quantitative estimate of drug-likeness (QED) is 0.702. The maximum absolute atomic E-state index is 5.27. The van der Waals surface area contributed by atoms with Crippen LogP contribution >= 0.6 is 0 Å². The van der Waals surface area contributed by atoms with E-state index in [2.05, 4.69) is 17.1 Å². The van der Waals surface area contributed by atoms with Crippen molar-refractivity contribution in [2.75, 3.05) is 39.8 Å². The second-order valence-corrected chi connectivity index (χ2v) is 3.80. The molecule has 1 saturated heterocycles. The predicted molar refractivity (Wildman–Crippen MR) is 55.0 cm³/mol. The van der Waals surface area contributed by atoms with E-state index in [0.717, 1.165) is 19.6 Å². The van der Waals surface area contributed by atoms with Gasteiger partial charge in [-0.05, 0) is 45.9 Å². The first-order valence-electron chi connectivity index (χ1n) is 5.29. The molecule has 0 spiro atoms. The van der Waals surface area contributed by atoms with Crippen LogP contribution in [0.4, 0.5) is 0 Å². The van der Waals surface area contributed by atoms with E-state index in [1.807, 2.05) is 0 Å². The highest BCUT2D eigenvalue weighted by Crippen LogP contribution is 2.00. The van der Waals surface area contributed by atoms with Gasteiger partial charge in [0.15, 0.2) is 0 Å². The Morgan fingerprint density at radius 3 is 2.46 bits per heavy atom. The lowest BCUT2D eigenvalue weighted by atomic mass is 10.2. The molecular formula is C10H22N2O. The third kappa shape index (κ3) is 4.60. The van der Waals surface area contributed by atoms with Crippen LogP contribution in [0.25, 0.3) is 0 Å². The van der Waals surface area contributed by atoms with Crippen LogP contribution in [0.3, 0.4) is 0 Å². The van der Waals surface area contributed by atoms with E-state index in [9.17, 15) is 0 Å². The van der Waals surface area contributed by atoms with Gasteiger partial charge in [-0.3, -0.25) is 0 Å².